The molecular formula is C27H18BrN3O2S. The van der Waals surface area contributed by atoms with E-state index in [2.05, 4.69) is 31.5 Å². The second kappa shape index (κ2) is 9.59. The number of carbonyl (C=O) groups is 1. The van der Waals surface area contributed by atoms with E-state index in [-0.39, 0.29) is 11.0 Å². The van der Waals surface area contributed by atoms with Crippen LogP contribution in [0.5, 0.6) is 0 Å². The van der Waals surface area contributed by atoms with Gasteiger partial charge in [0.2, 0.25) is 5.89 Å². The molecule has 7 heteroatoms. The van der Waals surface area contributed by atoms with Gasteiger partial charge >= 0.3 is 0 Å². The summed E-state index contributed by atoms with van der Waals surface area (Å²) < 4.78 is 6.82. The molecule has 166 valence electrons. The molecule has 1 heterocycles. The number of thiocarbonyl (C=S) groups is 1. The van der Waals surface area contributed by atoms with Crippen LogP contribution in [-0.2, 0) is 0 Å². The summed E-state index contributed by atoms with van der Waals surface area (Å²) >= 11 is 8.81. The number of benzene rings is 4. The maximum absolute atomic E-state index is 12.6. The number of halogens is 1. The van der Waals surface area contributed by atoms with Crippen LogP contribution in [0.1, 0.15) is 10.4 Å². The van der Waals surface area contributed by atoms with Gasteiger partial charge in [0.1, 0.15) is 5.52 Å². The van der Waals surface area contributed by atoms with E-state index in [0.29, 0.717) is 28.2 Å². The number of rotatable bonds is 4. The lowest BCUT2D eigenvalue weighted by Crippen LogP contribution is -2.34. The largest absolute Gasteiger partial charge is 0.436 e. The van der Waals surface area contributed by atoms with Gasteiger partial charge in [-0.3, -0.25) is 10.1 Å². The van der Waals surface area contributed by atoms with Crippen LogP contribution in [0.25, 0.3) is 33.7 Å². The van der Waals surface area contributed by atoms with Crippen LogP contribution in [0.2, 0.25) is 0 Å². The highest BCUT2D eigenvalue weighted by Crippen LogP contribution is 2.28. The number of anilines is 1. The number of nitrogens with one attached hydrogen (secondary N) is 2. The minimum absolute atomic E-state index is 0.201. The van der Waals surface area contributed by atoms with Crippen molar-refractivity contribution >= 4 is 56.0 Å². The van der Waals surface area contributed by atoms with Crippen molar-refractivity contribution in [2.24, 2.45) is 0 Å². The van der Waals surface area contributed by atoms with E-state index in [1.807, 2.05) is 84.9 Å². The third-order valence-electron chi connectivity index (χ3n) is 5.20. The van der Waals surface area contributed by atoms with E-state index in [4.69, 9.17) is 16.6 Å². The van der Waals surface area contributed by atoms with Gasteiger partial charge in [-0.25, -0.2) is 4.98 Å². The Hall–Kier alpha value is -3.81. The molecule has 0 bridgehead atoms. The van der Waals surface area contributed by atoms with Crippen molar-refractivity contribution < 1.29 is 9.21 Å². The zero-order chi connectivity index (χ0) is 23.5. The van der Waals surface area contributed by atoms with Gasteiger partial charge in [-0.2, -0.15) is 0 Å². The first-order valence-electron chi connectivity index (χ1n) is 10.5. The molecule has 2 N–H and O–H groups in total. The normalized spacial score (nSPS) is 10.7. The van der Waals surface area contributed by atoms with E-state index in [1.165, 1.54) is 0 Å². The van der Waals surface area contributed by atoms with Gasteiger partial charge in [-0.15, -0.1) is 0 Å². The molecule has 0 aliphatic heterocycles. The average molecular weight is 528 g/mol. The summed E-state index contributed by atoms with van der Waals surface area (Å²) in [4.78, 5) is 17.2. The van der Waals surface area contributed by atoms with Crippen LogP contribution in [-0.4, -0.2) is 16.0 Å². The van der Waals surface area contributed by atoms with Crippen LogP contribution >= 0.6 is 28.1 Å². The minimum Gasteiger partial charge on any atom is -0.436 e. The lowest BCUT2D eigenvalue weighted by Gasteiger charge is -2.10. The number of hydrogen-bond acceptors (Lipinski definition) is 4. The quantitative estimate of drug-likeness (QED) is 0.245. The van der Waals surface area contributed by atoms with Crippen molar-refractivity contribution in [3.8, 4) is 22.6 Å². The first-order valence-corrected chi connectivity index (χ1v) is 11.7. The summed E-state index contributed by atoms with van der Waals surface area (Å²) in [6.07, 6.45) is 0. The Morgan fingerprint density at radius 3 is 2.32 bits per heavy atom. The second-order valence-corrected chi connectivity index (χ2v) is 8.89. The maximum atomic E-state index is 12.6. The molecule has 5 rings (SSSR count). The molecule has 0 atom stereocenters. The van der Waals surface area contributed by atoms with Gasteiger partial charge in [0, 0.05) is 21.3 Å². The number of hydrogen-bond donors (Lipinski definition) is 2. The second-order valence-electron chi connectivity index (χ2n) is 7.56. The molecule has 34 heavy (non-hydrogen) atoms. The Balaban J connectivity index is 1.25. The summed E-state index contributed by atoms with van der Waals surface area (Å²) in [6.45, 7) is 0. The van der Waals surface area contributed by atoms with Crippen molar-refractivity contribution in [2.45, 2.75) is 0 Å². The third kappa shape index (κ3) is 4.90. The van der Waals surface area contributed by atoms with Gasteiger partial charge < -0.3 is 9.73 Å². The molecule has 0 radical (unpaired) electrons. The zero-order valence-electron chi connectivity index (χ0n) is 17.8. The van der Waals surface area contributed by atoms with E-state index < -0.39 is 0 Å². The summed E-state index contributed by atoms with van der Waals surface area (Å²) in [5.74, 6) is 0.250. The van der Waals surface area contributed by atoms with E-state index in [0.717, 1.165) is 21.2 Å². The van der Waals surface area contributed by atoms with Crippen molar-refractivity contribution in [2.75, 3.05) is 5.32 Å². The van der Waals surface area contributed by atoms with E-state index >= 15 is 0 Å². The zero-order valence-corrected chi connectivity index (χ0v) is 20.2. The standard InChI is InChI=1S/C27H18BrN3O2S/c28-21-8-4-7-20(15-21)26-30-23-16-22(13-14-24(23)33-26)29-27(34)31-25(32)19-11-9-18(10-12-19)17-5-2-1-3-6-17/h1-16H,(H2,29,31,32,34). The van der Waals surface area contributed by atoms with Crippen LogP contribution in [0.4, 0.5) is 5.69 Å². The van der Waals surface area contributed by atoms with Crippen molar-refractivity contribution in [3.63, 3.8) is 0 Å². The number of aromatic nitrogens is 1. The third-order valence-corrected chi connectivity index (χ3v) is 5.90. The van der Waals surface area contributed by atoms with Gasteiger partial charge in [0.15, 0.2) is 10.7 Å². The number of fused-ring (bicyclic) bond motifs is 1. The highest BCUT2D eigenvalue weighted by molar-refractivity contribution is 9.10. The number of nitrogens with zero attached hydrogens (tertiary/aromatic N) is 1. The Kier molecular flexibility index (Phi) is 6.20. The molecule has 0 fully saturated rings. The van der Waals surface area contributed by atoms with Crippen molar-refractivity contribution in [1.29, 1.82) is 0 Å². The molecular weight excluding hydrogens is 510 g/mol. The smallest absolute Gasteiger partial charge is 0.257 e. The SMILES string of the molecule is O=C(NC(=S)Nc1ccc2oc(-c3cccc(Br)c3)nc2c1)c1ccc(-c2ccccc2)cc1. The first kappa shape index (κ1) is 22.0. The fraction of sp³-hybridized carbons (Fsp3) is 0. The monoisotopic (exact) mass is 527 g/mol. The van der Waals surface area contributed by atoms with Gasteiger partial charge in [-0.1, -0.05) is 64.5 Å². The molecule has 0 spiro atoms. The number of carbonyl (C=O) groups excluding carboxylic acids is 1. The van der Waals surface area contributed by atoms with Crippen LogP contribution in [0, 0.1) is 0 Å². The summed E-state index contributed by atoms with van der Waals surface area (Å²) in [5.41, 5.74) is 5.58. The molecule has 0 aliphatic rings. The lowest BCUT2D eigenvalue weighted by molar-refractivity contribution is 0.0977. The Morgan fingerprint density at radius 2 is 1.56 bits per heavy atom. The van der Waals surface area contributed by atoms with Crippen LogP contribution in [0.3, 0.4) is 0 Å². The van der Waals surface area contributed by atoms with Crippen LogP contribution in [0.15, 0.2) is 106 Å². The predicted molar refractivity (Wildman–Crippen MR) is 143 cm³/mol. The topological polar surface area (TPSA) is 67.2 Å². The summed E-state index contributed by atoms with van der Waals surface area (Å²) in [5, 5.41) is 5.96. The molecule has 0 saturated heterocycles. The van der Waals surface area contributed by atoms with Gasteiger partial charge in [-0.05, 0) is 71.9 Å². The Morgan fingerprint density at radius 1 is 0.824 bits per heavy atom. The highest BCUT2D eigenvalue weighted by Gasteiger charge is 2.12. The molecule has 5 nitrogen and oxygen atoms in total. The molecule has 4 aromatic carbocycles. The summed E-state index contributed by atoms with van der Waals surface area (Å²) in [6, 6.07) is 30.6. The Bertz CT molecular complexity index is 1500. The molecule has 1 amide bonds. The highest BCUT2D eigenvalue weighted by atomic mass is 79.9. The first-order chi connectivity index (χ1) is 16.5. The fourth-order valence-electron chi connectivity index (χ4n) is 3.53. The van der Waals surface area contributed by atoms with Crippen molar-refractivity contribution in [3.05, 3.63) is 107 Å². The minimum atomic E-state index is -0.281. The van der Waals surface area contributed by atoms with Crippen molar-refractivity contribution in [1.82, 2.24) is 10.3 Å². The van der Waals surface area contributed by atoms with Gasteiger partial charge in [0.25, 0.3) is 5.91 Å². The van der Waals surface area contributed by atoms with Gasteiger partial charge in [0.05, 0.1) is 0 Å². The Labute approximate surface area is 210 Å². The molecule has 0 saturated carbocycles. The average Bonchev–Trinajstić information content (AvgIpc) is 3.28. The molecule has 0 unspecified atom stereocenters. The molecule has 0 aliphatic carbocycles. The van der Waals surface area contributed by atoms with E-state index in [9.17, 15) is 4.79 Å². The number of oxazole rings is 1. The fourth-order valence-corrected chi connectivity index (χ4v) is 4.14. The predicted octanol–water partition coefficient (Wildman–Crippen LogP) is 7.05. The lowest BCUT2D eigenvalue weighted by atomic mass is 10.0. The summed E-state index contributed by atoms with van der Waals surface area (Å²) in [7, 11) is 0. The molecule has 5 aromatic rings. The van der Waals surface area contributed by atoms with Crippen LogP contribution < -0.4 is 10.6 Å². The molecule has 1 aromatic heterocycles. The van der Waals surface area contributed by atoms with E-state index in [1.54, 1.807) is 12.1 Å². The maximum Gasteiger partial charge on any atom is 0.257 e. The number of amides is 1.